The Bertz CT molecular complexity index is 374. The van der Waals surface area contributed by atoms with Gasteiger partial charge in [-0.1, -0.05) is 36.3 Å². The number of allylic oxidation sites excluding steroid dienone is 4. The second-order valence-corrected chi connectivity index (χ2v) is 2.96. The van der Waals surface area contributed by atoms with Crippen LogP contribution in [0.25, 0.3) is 0 Å². The van der Waals surface area contributed by atoms with E-state index in [0.29, 0.717) is 0 Å². The van der Waals surface area contributed by atoms with E-state index in [-0.39, 0.29) is 0 Å². The maximum Gasteiger partial charge on any atom is 0.127 e. The second-order valence-electron chi connectivity index (χ2n) is 2.96. The fourth-order valence-corrected chi connectivity index (χ4v) is 1.02. The minimum atomic E-state index is 0.728. The van der Waals surface area contributed by atoms with Gasteiger partial charge in [0.15, 0.2) is 0 Å². The zero-order valence-electron chi connectivity index (χ0n) is 8.81. The molecular weight excluding hydrogens is 183 g/mol. The lowest BCUT2D eigenvalue weighted by Gasteiger charge is -2.05. The van der Waals surface area contributed by atoms with Gasteiger partial charge in [0.25, 0.3) is 0 Å². The van der Waals surface area contributed by atoms with Crippen molar-refractivity contribution in [2.75, 3.05) is 0 Å². The molecule has 0 atom stereocenters. The third-order valence-electron chi connectivity index (χ3n) is 1.80. The van der Waals surface area contributed by atoms with Crippen molar-refractivity contribution in [3.63, 3.8) is 0 Å². The summed E-state index contributed by atoms with van der Waals surface area (Å²) in [6, 6.07) is 7.28. The lowest BCUT2D eigenvalue weighted by Crippen LogP contribution is -2.00. The molecule has 0 aliphatic heterocycles. The van der Waals surface area contributed by atoms with Crippen molar-refractivity contribution in [2.45, 2.75) is 6.92 Å². The Morgan fingerprint density at radius 3 is 2.53 bits per heavy atom. The molecule has 2 heteroatoms. The van der Waals surface area contributed by atoms with E-state index in [0.717, 1.165) is 17.0 Å². The predicted molar refractivity (Wildman–Crippen MR) is 65.6 cm³/mol. The summed E-state index contributed by atoms with van der Waals surface area (Å²) in [6.45, 7) is 5.52. The molecule has 0 saturated carbocycles. The van der Waals surface area contributed by atoms with Gasteiger partial charge in [-0.25, -0.2) is 0 Å². The van der Waals surface area contributed by atoms with Crippen LogP contribution in [0.15, 0.2) is 60.9 Å². The van der Waals surface area contributed by atoms with Gasteiger partial charge in [-0.15, -0.1) is 0 Å². The van der Waals surface area contributed by atoms with E-state index in [2.05, 4.69) is 6.58 Å². The average Bonchev–Trinajstić information content (AvgIpc) is 2.27. The highest BCUT2D eigenvalue weighted by atomic mass is 16.5. The van der Waals surface area contributed by atoms with Gasteiger partial charge in [0.2, 0.25) is 0 Å². The fourth-order valence-electron chi connectivity index (χ4n) is 1.02. The van der Waals surface area contributed by atoms with Crippen molar-refractivity contribution in [3.8, 4) is 5.75 Å². The van der Waals surface area contributed by atoms with Crippen LogP contribution >= 0.6 is 0 Å². The summed E-state index contributed by atoms with van der Waals surface area (Å²) in [5.41, 5.74) is 0.728. The molecule has 0 fully saturated rings. The number of hydrogen-bond donors (Lipinski definition) is 0. The Kier molecular flexibility index (Phi) is 4.49. The quantitative estimate of drug-likeness (QED) is 0.408. The van der Waals surface area contributed by atoms with Crippen molar-refractivity contribution in [1.82, 2.24) is 0 Å². The molecule has 2 radical (unpaired) electrons. The molecule has 1 aromatic carbocycles. The molecule has 0 aromatic heterocycles. The minimum Gasteiger partial charge on any atom is -0.458 e. The zero-order chi connectivity index (χ0) is 11.1. The van der Waals surface area contributed by atoms with Crippen molar-refractivity contribution in [2.24, 2.45) is 0 Å². The first-order valence-electron chi connectivity index (χ1n) is 4.75. The first-order valence-corrected chi connectivity index (χ1v) is 4.75. The topological polar surface area (TPSA) is 9.23 Å². The van der Waals surface area contributed by atoms with Gasteiger partial charge in [-0.3, -0.25) is 0 Å². The molecule has 0 N–H and O–H groups in total. The molecule has 0 heterocycles. The number of ether oxygens (including phenoxy) is 1. The highest BCUT2D eigenvalue weighted by molar-refractivity contribution is 6.32. The third kappa shape index (κ3) is 3.90. The Morgan fingerprint density at radius 2 is 2.00 bits per heavy atom. The van der Waals surface area contributed by atoms with Gasteiger partial charge in [-0.2, -0.15) is 0 Å². The van der Waals surface area contributed by atoms with Crippen LogP contribution in [0.3, 0.4) is 0 Å². The summed E-state index contributed by atoms with van der Waals surface area (Å²) in [5, 5.41) is 0. The molecule has 0 saturated heterocycles. The average molecular weight is 196 g/mol. The zero-order valence-corrected chi connectivity index (χ0v) is 8.81. The molecule has 1 aromatic rings. The molecular formula is C13H13BO. The summed E-state index contributed by atoms with van der Waals surface area (Å²) in [6.07, 6.45) is 7.27. The van der Waals surface area contributed by atoms with E-state index >= 15 is 0 Å². The number of benzene rings is 1. The van der Waals surface area contributed by atoms with Gasteiger partial charge in [-0.05, 0) is 31.2 Å². The summed E-state index contributed by atoms with van der Waals surface area (Å²) < 4.78 is 5.59. The highest BCUT2D eigenvalue weighted by Gasteiger charge is 1.94. The molecule has 0 unspecified atom stereocenters. The van der Waals surface area contributed by atoms with Crippen LogP contribution in [0.4, 0.5) is 0 Å². The first-order chi connectivity index (χ1) is 7.26. The van der Waals surface area contributed by atoms with Crippen LogP contribution in [0.1, 0.15) is 6.92 Å². The van der Waals surface area contributed by atoms with E-state index in [1.165, 1.54) is 0 Å². The molecule has 1 nitrogen and oxygen atoms in total. The molecule has 1 rings (SSSR count). The summed E-state index contributed by atoms with van der Waals surface area (Å²) >= 11 is 0. The normalized spacial score (nSPS) is 11.7. The Labute approximate surface area is 92.2 Å². The van der Waals surface area contributed by atoms with Crippen LogP contribution in [-0.4, -0.2) is 7.85 Å². The van der Waals surface area contributed by atoms with E-state index in [1.807, 2.05) is 37.3 Å². The van der Waals surface area contributed by atoms with Crippen LogP contribution in [0, 0.1) is 0 Å². The second kappa shape index (κ2) is 5.92. The van der Waals surface area contributed by atoms with Crippen molar-refractivity contribution in [1.29, 1.82) is 0 Å². The molecule has 0 bridgehead atoms. The Morgan fingerprint density at radius 1 is 1.33 bits per heavy atom. The van der Waals surface area contributed by atoms with Crippen molar-refractivity contribution < 1.29 is 4.74 Å². The maximum atomic E-state index is 5.59. The van der Waals surface area contributed by atoms with E-state index in [1.54, 1.807) is 18.2 Å². The fraction of sp³-hybridized carbons (Fsp3) is 0.0769. The predicted octanol–water partition coefficient (Wildman–Crippen LogP) is 2.51. The van der Waals surface area contributed by atoms with Crippen LogP contribution in [0.2, 0.25) is 0 Å². The third-order valence-corrected chi connectivity index (χ3v) is 1.80. The van der Waals surface area contributed by atoms with E-state index in [9.17, 15) is 0 Å². The smallest absolute Gasteiger partial charge is 0.127 e. The van der Waals surface area contributed by atoms with Crippen molar-refractivity contribution >= 4 is 13.3 Å². The minimum absolute atomic E-state index is 0.728. The van der Waals surface area contributed by atoms with Gasteiger partial charge >= 0.3 is 0 Å². The lowest BCUT2D eigenvalue weighted by molar-refractivity contribution is 0.443. The van der Waals surface area contributed by atoms with Crippen molar-refractivity contribution in [3.05, 3.63) is 60.9 Å². The van der Waals surface area contributed by atoms with E-state index < -0.39 is 0 Å². The summed E-state index contributed by atoms with van der Waals surface area (Å²) in [4.78, 5) is 0. The SMILES string of the molecule is [B]c1ccc(OC(/C=C\C=C)=C/C)cc1. The largest absolute Gasteiger partial charge is 0.458 e. The van der Waals surface area contributed by atoms with E-state index in [4.69, 9.17) is 12.6 Å². The molecule has 15 heavy (non-hydrogen) atoms. The molecule has 0 aliphatic carbocycles. The number of hydrogen-bond acceptors (Lipinski definition) is 1. The first kappa shape index (κ1) is 11.4. The molecule has 74 valence electrons. The van der Waals surface area contributed by atoms with Crippen LogP contribution < -0.4 is 10.2 Å². The van der Waals surface area contributed by atoms with Crippen LogP contribution in [0.5, 0.6) is 5.75 Å². The highest BCUT2D eigenvalue weighted by Crippen LogP contribution is 2.12. The molecule has 0 amide bonds. The maximum absolute atomic E-state index is 5.59. The number of rotatable bonds is 4. The molecule has 0 spiro atoms. The summed E-state index contributed by atoms with van der Waals surface area (Å²) in [7, 11) is 5.57. The van der Waals surface area contributed by atoms with Gasteiger partial charge < -0.3 is 4.74 Å². The lowest BCUT2D eigenvalue weighted by atomic mass is 9.97. The van der Waals surface area contributed by atoms with Gasteiger partial charge in [0, 0.05) is 0 Å². The Balaban J connectivity index is 2.71. The standard InChI is InChI=1S/C13H13BO/c1-3-5-6-12(4-2)15-13-9-7-11(14)8-10-13/h3-10H,1H2,2H3/b6-5-,12-4+. The van der Waals surface area contributed by atoms with Gasteiger partial charge in [0.1, 0.15) is 19.4 Å². The summed E-state index contributed by atoms with van der Waals surface area (Å²) in [5.74, 6) is 1.55. The van der Waals surface area contributed by atoms with Gasteiger partial charge in [0.05, 0.1) is 0 Å². The Hall–Kier alpha value is -1.70. The van der Waals surface area contributed by atoms with Crippen LogP contribution in [-0.2, 0) is 0 Å². The monoisotopic (exact) mass is 196 g/mol. The molecule has 0 aliphatic rings.